The number of benzene rings is 3. The standard InChI is InChI=1S/C42H55ClN8O8/c1-24(2)37(44)40(55)49-31(10-7-17-47-41(45)56)39(54)48-28-15-13-26(14-16-28)23-59-34-20-32-36(30-9-5-4-8-29(30)34)27(21-43)22-51(32)35(53)12-6-11-33(52)38-25(3)50(42(57)58)19-18-46-38/h4-5,8-9,13-16,20,24-25,27,31,37-38,46H,6-7,10-12,17-19,21-23,44H2,1-3H3,(H,48,54)(H,49,55)(H,57,58)(H3,45,47,56)/t25-,27+,31-,37-,38?/m0/s1. The van der Waals surface area contributed by atoms with Crippen LogP contribution in [0.3, 0.4) is 0 Å². The Labute approximate surface area is 348 Å². The minimum Gasteiger partial charge on any atom is -0.488 e. The molecule has 1 saturated heterocycles. The first-order valence-electron chi connectivity index (χ1n) is 20.0. The van der Waals surface area contributed by atoms with Crippen molar-refractivity contribution < 1.29 is 38.6 Å². The first-order valence-corrected chi connectivity index (χ1v) is 20.5. The zero-order valence-electron chi connectivity index (χ0n) is 33.7. The van der Waals surface area contributed by atoms with Crippen molar-refractivity contribution in [2.75, 3.05) is 42.3 Å². The fraction of sp³-hybridized carbons (Fsp3) is 0.476. The van der Waals surface area contributed by atoms with Crippen molar-refractivity contribution in [1.29, 1.82) is 0 Å². The number of halogens is 1. The highest BCUT2D eigenvalue weighted by Crippen LogP contribution is 2.46. The predicted molar refractivity (Wildman–Crippen MR) is 226 cm³/mol. The number of fused-ring (bicyclic) bond motifs is 3. The van der Waals surface area contributed by atoms with Crippen LogP contribution in [0.15, 0.2) is 54.6 Å². The number of anilines is 2. The molecule has 0 radical (unpaired) electrons. The molecular weight excluding hydrogens is 780 g/mol. The van der Waals surface area contributed by atoms with Gasteiger partial charge in [0.05, 0.1) is 23.8 Å². The van der Waals surface area contributed by atoms with Gasteiger partial charge in [0.25, 0.3) is 0 Å². The molecule has 16 nitrogen and oxygen atoms in total. The average molecular weight is 835 g/mol. The number of nitrogens with one attached hydrogen (secondary N) is 4. The molecule has 9 N–H and O–H groups in total. The molecule has 17 heteroatoms. The Bertz CT molecular complexity index is 2010. The number of ketones is 1. The summed E-state index contributed by atoms with van der Waals surface area (Å²) < 4.78 is 6.41. The van der Waals surface area contributed by atoms with Gasteiger partial charge in [0.2, 0.25) is 17.7 Å². The number of carboxylic acid groups (broad SMARTS) is 1. The quantitative estimate of drug-likeness (QED) is 0.0718. The summed E-state index contributed by atoms with van der Waals surface area (Å²) in [4.78, 5) is 78.6. The Kier molecular flexibility index (Phi) is 15.5. The third-order valence-electron chi connectivity index (χ3n) is 11.0. The number of alkyl halides is 1. The van der Waals surface area contributed by atoms with Crippen LogP contribution in [0.25, 0.3) is 10.8 Å². The molecular formula is C42H55ClN8O8. The summed E-state index contributed by atoms with van der Waals surface area (Å²) in [5.74, 6) is -0.530. The molecule has 3 aromatic carbocycles. The largest absolute Gasteiger partial charge is 0.488 e. The van der Waals surface area contributed by atoms with Crippen molar-refractivity contribution in [3.63, 3.8) is 0 Å². The second-order valence-electron chi connectivity index (χ2n) is 15.4. The SMILES string of the molecule is CC(C)[C@H](N)C(=O)N[C@@H](CCCNC(N)=O)C(=O)Nc1ccc(COc2cc3c(c4ccccc24)[C@H](CCl)CN3C(=O)CCCC(=O)C2NCCN(C(=O)O)[C@H]2C)cc1. The number of hydrogen-bond acceptors (Lipinski definition) is 9. The van der Waals surface area contributed by atoms with Crippen LogP contribution in [0.2, 0.25) is 0 Å². The maximum Gasteiger partial charge on any atom is 0.407 e. The minimum atomic E-state index is -1.06. The average Bonchev–Trinajstić information content (AvgIpc) is 3.59. The van der Waals surface area contributed by atoms with Gasteiger partial charge in [-0.25, -0.2) is 9.59 Å². The lowest BCUT2D eigenvalue weighted by Gasteiger charge is -2.37. The maximum absolute atomic E-state index is 13.8. The number of amides is 6. The van der Waals surface area contributed by atoms with Crippen molar-refractivity contribution in [2.45, 2.75) is 89.6 Å². The number of nitrogens with two attached hydrogens (primary N) is 2. The third kappa shape index (κ3) is 11.2. The first-order chi connectivity index (χ1) is 28.2. The van der Waals surface area contributed by atoms with Crippen LogP contribution in [-0.2, 0) is 25.8 Å². The summed E-state index contributed by atoms with van der Waals surface area (Å²) in [6, 6.07) is 13.2. The van der Waals surface area contributed by atoms with Gasteiger partial charge in [0, 0.05) is 68.0 Å². The number of Topliss-reactive ketones (excluding diaryl/α,β-unsaturated/α-hetero) is 1. The van der Waals surface area contributed by atoms with Gasteiger partial charge in [-0.05, 0) is 60.7 Å². The van der Waals surface area contributed by atoms with E-state index >= 15 is 0 Å². The zero-order valence-corrected chi connectivity index (χ0v) is 34.4. The molecule has 1 unspecified atom stereocenters. The molecule has 5 rings (SSSR count). The molecule has 0 spiro atoms. The second-order valence-corrected chi connectivity index (χ2v) is 15.7. The van der Waals surface area contributed by atoms with Crippen molar-refractivity contribution in [3.05, 3.63) is 65.7 Å². The second kappa shape index (κ2) is 20.5. The summed E-state index contributed by atoms with van der Waals surface area (Å²) in [7, 11) is 0. The van der Waals surface area contributed by atoms with Crippen LogP contribution in [0.5, 0.6) is 5.75 Å². The molecule has 0 aliphatic carbocycles. The highest BCUT2D eigenvalue weighted by Gasteiger charge is 2.37. The number of primary amides is 1. The summed E-state index contributed by atoms with van der Waals surface area (Å²) in [5.41, 5.74) is 14.1. The molecule has 0 aromatic heterocycles. The van der Waals surface area contributed by atoms with Gasteiger partial charge in [-0.15, -0.1) is 11.6 Å². The van der Waals surface area contributed by atoms with E-state index in [0.29, 0.717) is 55.5 Å². The molecule has 2 aliphatic heterocycles. The molecule has 3 aromatic rings. The number of carbonyl (C=O) groups excluding carboxylic acids is 5. The van der Waals surface area contributed by atoms with E-state index in [1.165, 1.54) is 4.90 Å². The molecule has 5 atom stereocenters. The molecule has 6 amide bonds. The van der Waals surface area contributed by atoms with E-state index < -0.39 is 48.1 Å². The van der Waals surface area contributed by atoms with E-state index in [0.717, 1.165) is 21.9 Å². The summed E-state index contributed by atoms with van der Waals surface area (Å²) in [6.45, 7) is 6.83. The lowest BCUT2D eigenvalue weighted by molar-refractivity contribution is -0.128. The summed E-state index contributed by atoms with van der Waals surface area (Å²) in [6.07, 6.45) is 0.145. The predicted octanol–water partition coefficient (Wildman–Crippen LogP) is 4.02. The van der Waals surface area contributed by atoms with Crippen LogP contribution >= 0.6 is 11.6 Å². The third-order valence-corrected chi connectivity index (χ3v) is 11.3. The van der Waals surface area contributed by atoms with Crippen LogP contribution in [-0.4, -0.2) is 102 Å². The van der Waals surface area contributed by atoms with E-state index in [9.17, 15) is 33.9 Å². The number of rotatable bonds is 18. The van der Waals surface area contributed by atoms with Crippen LogP contribution in [0.4, 0.5) is 21.0 Å². The fourth-order valence-electron chi connectivity index (χ4n) is 7.58. The van der Waals surface area contributed by atoms with Crippen molar-refractivity contribution >= 4 is 69.4 Å². The monoisotopic (exact) mass is 834 g/mol. The zero-order chi connectivity index (χ0) is 42.8. The number of hydrogen-bond donors (Lipinski definition) is 7. The Morgan fingerprint density at radius 1 is 1.00 bits per heavy atom. The van der Waals surface area contributed by atoms with Crippen LogP contribution < -0.4 is 42.4 Å². The van der Waals surface area contributed by atoms with E-state index in [2.05, 4.69) is 21.3 Å². The number of urea groups is 1. The van der Waals surface area contributed by atoms with Gasteiger partial charge in [-0.3, -0.25) is 19.2 Å². The normalized spacial score (nSPS) is 18.5. The molecule has 0 saturated carbocycles. The van der Waals surface area contributed by atoms with Crippen LogP contribution in [0, 0.1) is 5.92 Å². The first kappa shape index (κ1) is 44.6. The lowest BCUT2D eigenvalue weighted by atomic mass is 9.95. The van der Waals surface area contributed by atoms with Gasteiger partial charge in [0.15, 0.2) is 5.78 Å². The molecule has 1 fully saturated rings. The highest BCUT2D eigenvalue weighted by molar-refractivity contribution is 6.19. The topological polar surface area (TPSA) is 239 Å². The van der Waals surface area contributed by atoms with Gasteiger partial charge in [0.1, 0.15) is 18.4 Å². The van der Waals surface area contributed by atoms with Crippen LogP contribution in [0.1, 0.15) is 69.9 Å². The molecule has 2 heterocycles. The maximum atomic E-state index is 13.8. The Morgan fingerprint density at radius 3 is 2.37 bits per heavy atom. The number of carbonyl (C=O) groups is 6. The highest BCUT2D eigenvalue weighted by atomic mass is 35.5. The molecule has 0 bridgehead atoms. The summed E-state index contributed by atoms with van der Waals surface area (Å²) >= 11 is 6.48. The van der Waals surface area contributed by atoms with Crippen molar-refractivity contribution in [1.82, 2.24) is 20.9 Å². The Hall–Kier alpha value is -5.45. The number of piperazine rings is 1. The van der Waals surface area contributed by atoms with Crippen molar-refractivity contribution in [2.24, 2.45) is 17.4 Å². The minimum absolute atomic E-state index is 0.111. The van der Waals surface area contributed by atoms with E-state index in [1.54, 1.807) is 24.0 Å². The van der Waals surface area contributed by atoms with Gasteiger partial charge in [-0.2, -0.15) is 0 Å². The molecule has 318 valence electrons. The van der Waals surface area contributed by atoms with Gasteiger partial charge >= 0.3 is 12.1 Å². The molecule has 2 aliphatic rings. The summed E-state index contributed by atoms with van der Waals surface area (Å²) in [5, 5.41) is 22.5. The van der Waals surface area contributed by atoms with Crippen molar-refractivity contribution in [3.8, 4) is 5.75 Å². The fourth-order valence-corrected chi connectivity index (χ4v) is 7.83. The van der Waals surface area contributed by atoms with E-state index in [-0.39, 0.29) is 55.9 Å². The Morgan fingerprint density at radius 2 is 1.71 bits per heavy atom. The lowest BCUT2D eigenvalue weighted by Crippen LogP contribution is -2.60. The van der Waals surface area contributed by atoms with Gasteiger partial charge < -0.3 is 52.4 Å². The molecule has 59 heavy (non-hydrogen) atoms. The Balaban J connectivity index is 1.25. The number of ether oxygens (including phenoxy) is 1. The number of nitrogens with zero attached hydrogens (tertiary/aromatic N) is 2. The smallest absolute Gasteiger partial charge is 0.407 e. The van der Waals surface area contributed by atoms with E-state index in [1.807, 2.05) is 56.3 Å². The van der Waals surface area contributed by atoms with Gasteiger partial charge in [-0.1, -0.05) is 50.2 Å². The van der Waals surface area contributed by atoms with E-state index in [4.69, 9.17) is 27.8 Å².